The maximum Gasteiger partial charge on any atom is 0.237 e. The first-order valence-corrected chi connectivity index (χ1v) is 24.6. The van der Waals surface area contributed by atoms with Gasteiger partial charge in [0.05, 0.1) is 16.8 Å². The summed E-state index contributed by atoms with van der Waals surface area (Å²) in [6, 6.07) is 6.74. The quantitative estimate of drug-likeness (QED) is 0.0760. The first kappa shape index (κ1) is 57.1. The van der Waals surface area contributed by atoms with Gasteiger partial charge in [0.1, 0.15) is 5.83 Å². The Kier molecular flexibility index (Phi) is 26.1. The number of Topliss-reactive ketones (excluding diaryl/α,β-unsaturated/α-hetero) is 1. The molecule has 5 nitrogen and oxygen atoms in total. The van der Waals surface area contributed by atoms with E-state index in [0.29, 0.717) is 24.5 Å². The fraction of sp³-hybridized carbons (Fsp3) is 0.625. The number of fused-ring (bicyclic) bond motifs is 1. The number of hydrogen-bond donors (Lipinski definition) is 1. The molecule has 0 saturated heterocycles. The van der Waals surface area contributed by atoms with Crippen molar-refractivity contribution in [3.8, 4) is 0 Å². The molecule has 0 spiro atoms. The summed E-state index contributed by atoms with van der Waals surface area (Å²) in [5.74, 6) is 1.03. The topological polar surface area (TPSA) is 61.8 Å². The van der Waals surface area contributed by atoms with Gasteiger partial charge in [0.2, 0.25) is 5.91 Å². The number of aliphatic imine (C=N–C) groups is 1. The van der Waals surface area contributed by atoms with Crippen LogP contribution in [0.15, 0.2) is 89.1 Å². The van der Waals surface area contributed by atoms with Crippen LogP contribution in [0.2, 0.25) is 0 Å². The second-order valence-corrected chi connectivity index (χ2v) is 18.8. The van der Waals surface area contributed by atoms with E-state index < -0.39 is 16.9 Å². The molecule has 1 aliphatic heterocycles. The molecule has 3 aliphatic rings. The van der Waals surface area contributed by atoms with Gasteiger partial charge in [-0.25, -0.2) is 8.78 Å². The van der Waals surface area contributed by atoms with E-state index in [0.717, 1.165) is 91.1 Å². The number of amides is 1. The minimum Gasteiger partial charge on any atom is -0.356 e. The molecule has 0 aromatic heterocycles. The summed E-state index contributed by atoms with van der Waals surface area (Å²) in [6.07, 6.45) is 24.2. The summed E-state index contributed by atoms with van der Waals surface area (Å²) in [7, 11) is 0. The summed E-state index contributed by atoms with van der Waals surface area (Å²) >= 11 is 0. The molecule has 2 aliphatic carbocycles. The molecular weight excluding hydrogens is 785 g/mol. The van der Waals surface area contributed by atoms with Crippen molar-refractivity contribution < 1.29 is 18.4 Å². The van der Waals surface area contributed by atoms with E-state index in [2.05, 4.69) is 97.0 Å². The number of carbonyl (C=O) groups excluding carboxylic acids is 2. The van der Waals surface area contributed by atoms with Crippen molar-refractivity contribution in [3.63, 3.8) is 0 Å². The zero-order chi connectivity index (χ0) is 47.9. The Morgan fingerprint density at radius 2 is 1.52 bits per heavy atom. The standard InChI is InChI=1S/C38H52FN3O.C7H11FO.C7H16.C4H10/c1-10-16-34(33(39)15-6)41-28(9)27(8)35(40-21-13-4)22-26(7)30-17-18-32-36(25-30)42(31-23-29(14-5)24-31)37(43)38(32,19-11-2)20-12-3;1-5(2)6(9)7(8)3-4-7;1-3-5-7-6-4-2;1-4(2)3/h10,15-18,21-22,25,29,31,41H,6-7,11-14,19-20,23-24H2,1-5,8-9H3;5H,3-4H2,1-2H3;3-7H2,1-2H3;4H,1-3H3/b16-10-,28-27+,34-33-,35-22+,40-21?;;;. The summed E-state index contributed by atoms with van der Waals surface area (Å²) in [5, 5.41) is 3.19. The van der Waals surface area contributed by atoms with Crippen molar-refractivity contribution in [2.75, 3.05) is 4.90 Å². The highest BCUT2D eigenvalue weighted by Gasteiger charge is 2.53. The monoisotopic (exact) mass is 874 g/mol. The average molecular weight is 874 g/mol. The van der Waals surface area contributed by atoms with E-state index in [9.17, 15) is 18.4 Å². The number of benzene rings is 1. The number of nitrogens with zero attached hydrogens (tertiary/aromatic N) is 2. The maximum atomic E-state index is 14.4. The molecule has 354 valence electrons. The van der Waals surface area contributed by atoms with Crippen LogP contribution in [0.3, 0.4) is 0 Å². The molecule has 0 atom stereocenters. The van der Waals surface area contributed by atoms with Gasteiger partial charge in [-0.05, 0) is 124 Å². The minimum atomic E-state index is -1.41. The molecule has 1 heterocycles. The number of halogens is 2. The summed E-state index contributed by atoms with van der Waals surface area (Å²) < 4.78 is 27.2. The highest BCUT2D eigenvalue weighted by atomic mass is 19.1. The van der Waals surface area contributed by atoms with Crippen LogP contribution in [0.5, 0.6) is 0 Å². The molecule has 0 radical (unpaired) electrons. The van der Waals surface area contributed by atoms with Gasteiger partial charge in [0, 0.05) is 29.6 Å². The number of nitrogens with one attached hydrogen (secondary N) is 1. The molecule has 0 bridgehead atoms. The lowest BCUT2D eigenvalue weighted by molar-refractivity contribution is -0.128. The van der Waals surface area contributed by atoms with Gasteiger partial charge in [-0.2, -0.15) is 0 Å². The molecule has 1 aromatic rings. The van der Waals surface area contributed by atoms with Gasteiger partial charge < -0.3 is 10.2 Å². The van der Waals surface area contributed by atoms with E-state index in [1.807, 2.05) is 40.0 Å². The normalized spacial score (nSPS) is 19.2. The van der Waals surface area contributed by atoms with Crippen LogP contribution in [0.25, 0.3) is 5.57 Å². The van der Waals surface area contributed by atoms with Crippen molar-refractivity contribution in [2.24, 2.45) is 22.7 Å². The number of unbranched alkanes of at least 4 members (excludes halogenated alkanes) is 4. The molecule has 2 saturated carbocycles. The van der Waals surface area contributed by atoms with E-state index in [-0.39, 0.29) is 23.7 Å². The van der Waals surface area contributed by atoms with Gasteiger partial charge in [-0.1, -0.05) is 159 Å². The molecular formula is C56H89F2N3O2. The SMILES string of the molecule is C=C/C(F)=C(\C=C/C)N/C(C)=C(C)/C(=C\C(=C)c1ccc2c(c1)N(C1CC(CC)C1)C(=O)C2(CCC)CCC)N=CCC.CC(C)C.CC(C)C(=O)C1(F)CC1.CCCCCCC. The number of ketones is 1. The fourth-order valence-corrected chi connectivity index (χ4v) is 8.04. The van der Waals surface area contributed by atoms with Gasteiger partial charge in [0.15, 0.2) is 11.5 Å². The summed E-state index contributed by atoms with van der Waals surface area (Å²) in [4.78, 5) is 32.0. The number of carbonyl (C=O) groups is 2. The smallest absolute Gasteiger partial charge is 0.237 e. The van der Waals surface area contributed by atoms with Gasteiger partial charge >= 0.3 is 0 Å². The highest BCUT2D eigenvalue weighted by molar-refractivity contribution is 6.09. The Hall–Kier alpha value is -3.87. The molecule has 2 fully saturated rings. The Morgan fingerprint density at radius 3 is 1.95 bits per heavy atom. The van der Waals surface area contributed by atoms with Crippen LogP contribution in [-0.4, -0.2) is 29.6 Å². The molecule has 1 aromatic carbocycles. The van der Waals surface area contributed by atoms with Crippen molar-refractivity contribution >= 4 is 29.2 Å². The van der Waals surface area contributed by atoms with Crippen LogP contribution in [-0.2, 0) is 15.0 Å². The number of anilines is 1. The van der Waals surface area contributed by atoms with Crippen LogP contribution in [0, 0.1) is 17.8 Å². The van der Waals surface area contributed by atoms with Crippen LogP contribution in [0.4, 0.5) is 14.5 Å². The van der Waals surface area contributed by atoms with Gasteiger partial charge in [0.25, 0.3) is 0 Å². The third-order valence-electron chi connectivity index (χ3n) is 11.9. The van der Waals surface area contributed by atoms with E-state index >= 15 is 0 Å². The molecule has 7 heteroatoms. The van der Waals surface area contributed by atoms with Crippen LogP contribution >= 0.6 is 0 Å². The zero-order valence-electron chi connectivity index (χ0n) is 42.4. The molecule has 4 rings (SSSR count). The van der Waals surface area contributed by atoms with E-state index in [1.165, 1.54) is 43.7 Å². The van der Waals surface area contributed by atoms with Crippen molar-refractivity contribution in [3.05, 3.63) is 95.3 Å². The lowest BCUT2D eigenvalue weighted by atomic mass is 9.73. The third kappa shape index (κ3) is 17.2. The Morgan fingerprint density at radius 1 is 0.952 bits per heavy atom. The molecule has 63 heavy (non-hydrogen) atoms. The number of rotatable bonds is 21. The van der Waals surface area contributed by atoms with Crippen molar-refractivity contribution in [1.82, 2.24) is 5.32 Å². The molecule has 1 N–H and O–H groups in total. The van der Waals surface area contributed by atoms with Crippen molar-refractivity contribution in [2.45, 2.75) is 210 Å². The summed E-state index contributed by atoms with van der Waals surface area (Å²) in [6.45, 7) is 36.8. The predicted molar refractivity (Wildman–Crippen MR) is 271 cm³/mol. The van der Waals surface area contributed by atoms with Gasteiger partial charge in [-0.15, -0.1) is 0 Å². The second-order valence-electron chi connectivity index (χ2n) is 18.8. The average Bonchev–Trinajstić information content (AvgIpc) is 3.95. The Balaban J connectivity index is 0.000000811. The first-order valence-electron chi connectivity index (χ1n) is 24.6. The van der Waals surface area contributed by atoms with Crippen LogP contribution in [0.1, 0.15) is 204 Å². The zero-order valence-corrected chi connectivity index (χ0v) is 42.4. The summed E-state index contributed by atoms with van der Waals surface area (Å²) in [5.41, 5.74) is 4.93. The first-order chi connectivity index (χ1) is 29.8. The van der Waals surface area contributed by atoms with Crippen LogP contribution < -0.4 is 10.2 Å². The third-order valence-corrected chi connectivity index (χ3v) is 11.9. The molecule has 0 unspecified atom stereocenters. The number of alkyl halides is 1. The largest absolute Gasteiger partial charge is 0.356 e. The van der Waals surface area contributed by atoms with Crippen molar-refractivity contribution in [1.29, 1.82) is 0 Å². The lowest BCUT2D eigenvalue weighted by Gasteiger charge is -2.42. The predicted octanol–water partition coefficient (Wildman–Crippen LogP) is 16.6. The number of allylic oxidation sites excluding steroid dienone is 8. The lowest BCUT2D eigenvalue weighted by Crippen LogP contribution is -2.50. The molecule has 1 amide bonds. The Labute approximate surface area is 384 Å². The van der Waals surface area contributed by atoms with E-state index in [1.54, 1.807) is 26.0 Å². The second kappa shape index (κ2) is 28.8. The maximum absolute atomic E-state index is 14.4. The fourth-order valence-electron chi connectivity index (χ4n) is 8.04. The Bertz CT molecular complexity index is 1750. The van der Waals surface area contributed by atoms with E-state index in [4.69, 9.17) is 4.99 Å². The van der Waals surface area contributed by atoms with Gasteiger partial charge in [-0.3, -0.25) is 14.6 Å². The highest BCUT2D eigenvalue weighted by Crippen LogP contribution is 2.52. The number of hydrogen-bond acceptors (Lipinski definition) is 4. The minimum absolute atomic E-state index is 0.141.